The standard InChI is InChI=1S/C37H53O2P/c1-22(2)26-21-27(33(38)39-40)25-15-19-36(7)29(32(25)26)13-14-31-35(6)18-16-28(24-11-9-23(3)10-12-24)34(4,5)30(35)17-20-37(31,36)8/h9-12,16,25-27,29-32H,1,13-15,17-21,40H2,2-8H3/t25?,26-,27+,29+,30-,31+,32+,35-,36+,37+/m0/s1. The Labute approximate surface area is 246 Å². The first-order valence-electron chi connectivity index (χ1n) is 16.1. The summed E-state index contributed by atoms with van der Waals surface area (Å²) in [4.78, 5) is 12.9. The number of hydrogen-bond donors (Lipinski definition) is 0. The largest absolute Gasteiger partial charge is 0.451 e. The molecule has 1 aromatic carbocycles. The van der Waals surface area contributed by atoms with Gasteiger partial charge in [0.05, 0.1) is 15.4 Å². The first kappa shape index (κ1) is 28.7. The number of carbonyl (C=O) groups is 1. The van der Waals surface area contributed by atoms with E-state index in [0.717, 1.165) is 18.8 Å². The number of fused-ring (bicyclic) bond motifs is 7. The topological polar surface area (TPSA) is 26.3 Å². The maximum Gasteiger partial charge on any atom is 0.311 e. The van der Waals surface area contributed by atoms with Crippen molar-refractivity contribution in [2.24, 2.45) is 63.1 Å². The Bertz CT molecular complexity index is 1230. The van der Waals surface area contributed by atoms with Crippen LogP contribution in [0.4, 0.5) is 0 Å². The molecule has 0 saturated heterocycles. The summed E-state index contributed by atoms with van der Waals surface area (Å²) in [6, 6.07) is 9.26. The Hall–Kier alpha value is -1.40. The second kappa shape index (κ2) is 9.56. The summed E-state index contributed by atoms with van der Waals surface area (Å²) in [5.74, 6) is 3.61. The van der Waals surface area contributed by atoms with Crippen LogP contribution in [0.3, 0.4) is 0 Å². The molecule has 0 spiro atoms. The van der Waals surface area contributed by atoms with Crippen molar-refractivity contribution in [1.29, 1.82) is 0 Å². The molecule has 218 valence electrons. The zero-order chi connectivity index (χ0) is 28.8. The van der Waals surface area contributed by atoms with Gasteiger partial charge >= 0.3 is 5.97 Å². The van der Waals surface area contributed by atoms with E-state index in [4.69, 9.17) is 4.52 Å². The second-order valence-electron chi connectivity index (χ2n) is 16.1. The summed E-state index contributed by atoms with van der Waals surface area (Å²) < 4.78 is 5.26. The van der Waals surface area contributed by atoms with Crippen LogP contribution in [0.25, 0.3) is 5.57 Å². The maximum absolute atomic E-state index is 12.9. The SMILES string of the molecule is C=C(C)[C@@H]1C[C@@H](C(=O)OP)C2CC[C@]3(C)[C@H](CC[C@@H]4[C@@]5(C)CC=C(c6ccc(C)cc6)C(C)(C)[C@@H]5CC[C@]43C)[C@H]21. The molecule has 40 heavy (non-hydrogen) atoms. The third-order valence-electron chi connectivity index (χ3n) is 14.4. The number of benzene rings is 1. The first-order chi connectivity index (χ1) is 18.8. The Morgan fingerprint density at radius 3 is 2.25 bits per heavy atom. The molecule has 4 saturated carbocycles. The average molecular weight is 561 g/mol. The molecular weight excluding hydrogens is 507 g/mol. The van der Waals surface area contributed by atoms with E-state index >= 15 is 0 Å². The molecule has 0 heterocycles. The fourth-order valence-electron chi connectivity index (χ4n) is 12.4. The van der Waals surface area contributed by atoms with Crippen molar-refractivity contribution in [2.75, 3.05) is 0 Å². The highest BCUT2D eigenvalue weighted by Gasteiger charge is 2.69. The summed E-state index contributed by atoms with van der Waals surface area (Å²) >= 11 is 0. The molecule has 2 unspecified atom stereocenters. The minimum atomic E-state index is -0.0131. The van der Waals surface area contributed by atoms with Crippen molar-refractivity contribution in [3.05, 3.63) is 53.6 Å². The van der Waals surface area contributed by atoms with Crippen LogP contribution in [-0.4, -0.2) is 5.97 Å². The Morgan fingerprint density at radius 2 is 1.60 bits per heavy atom. The molecule has 11 atom stereocenters. The summed E-state index contributed by atoms with van der Waals surface area (Å²) in [7, 11) is 2.22. The lowest BCUT2D eigenvalue weighted by Gasteiger charge is -2.71. The number of hydrogen-bond acceptors (Lipinski definition) is 2. The molecular formula is C37H53O2P. The zero-order valence-electron chi connectivity index (χ0n) is 26.2. The number of aryl methyl sites for hydroxylation is 1. The summed E-state index contributed by atoms with van der Waals surface area (Å²) in [6.07, 6.45) is 12.5. The van der Waals surface area contributed by atoms with Gasteiger partial charge in [0.15, 0.2) is 0 Å². The van der Waals surface area contributed by atoms with Gasteiger partial charge in [-0.1, -0.05) is 82.7 Å². The van der Waals surface area contributed by atoms with E-state index in [2.05, 4.69) is 94.9 Å². The van der Waals surface area contributed by atoms with Gasteiger partial charge in [-0.25, -0.2) is 0 Å². The van der Waals surface area contributed by atoms with Crippen molar-refractivity contribution < 1.29 is 9.32 Å². The summed E-state index contributed by atoms with van der Waals surface area (Å²) in [6.45, 7) is 22.0. The molecule has 3 heteroatoms. The molecule has 1 aromatic rings. The quantitative estimate of drug-likeness (QED) is 0.272. The minimum absolute atomic E-state index is 0.0131. The van der Waals surface area contributed by atoms with E-state index in [1.807, 2.05) is 0 Å². The van der Waals surface area contributed by atoms with Crippen LogP contribution in [0, 0.1) is 70.0 Å². The highest BCUT2D eigenvalue weighted by molar-refractivity contribution is 7.10. The molecule has 2 nitrogen and oxygen atoms in total. The van der Waals surface area contributed by atoms with Crippen LogP contribution < -0.4 is 0 Å². The van der Waals surface area contributed by atoms with Gasteiger partial charge in [-0.2, -0.15) is 0 Å². The molecule has 6 rings (SSSR count). The first-order valence-corrected chi connectivity index (χ1v) is 16.6. The van der Waals surface area contributed by atoms with Crippen LogP contribution in [0.5, 0.6) is 0 Å². The van der Waals surface area contributed by atoms with E-state index in [0.29, 0.717) is 45.8 Å². The smallest absolute Gasteiger partial charge is 0.311 e. The highest BCUT2D eigenvalue weighted by atomic mass is 31.0. The van der Waals surface area contributed by atoms with Crippen LogP contribution >= 0.6 is 9.47 Å². The Balaban J connectivity index is 1.36. The van der Waals surface area contributed by atoms with Gasteiger partial charge in [-0.3, -0.25) is 4.79 Å². The van der Waals surface area contributed by atoms with Gasteiger partial charge in [-0.05, 0) is 134 Å². The fraction of sp³-hybridized carbons (Fsp3) is 0.703. The third kappa shape index (κ3) is 3.79. The van der Waals surface area contributed by atoms with Crippen LogP contribution in [-0.2, 0) is 9.32 Å². The van der Waals surface area contributed by atoms with Crippen molar-refractivity contribution >= 4 is 21.0 Å². The molecule has 0 radical (unpaired) electrons. The number of allylic oxidation sites excluding steroid dienone is 3. The van der Waals surface area contributed by atoms with Gasteiger partial charge < -0.3 is 4.52 Å². The second-order valence-corrected chi connectivity index (χ2v) is 16.3. The van der Waals surface area contributed by atoms with Gasteiger partial charge in [-0.15, -0.1) is 0 Å². The van der Waals surface area contributed by atoms with Crippen molar-refractivity contribution in [3.63, 3.8) is 0 Å². The van der Waals surface area contributed by atoms with Gasteiger partial charge in [0.2, 0.25) is 0 Å². The molecule has 0 bridgehead atoms. The van der Waals surface area contributed by atoms with Gasteiger partial charge in [0, 0.05) is 0 Å². The predicted molar refractivity (Wildman–Crippen MR) is 169 cm³/mol. The third-order valence-corrected chi connectivity index (χ3v) is 14.6. The molecule has 4 fully saturated rings. The van der Waals surface area contributed by atoms with Crippen LogP contribution in [0.15, 0.2) is 42.5 Å². The lowest BCUT2D eigenvalue weighted by Crippen LogP contribution is -2.64. The van der Waals surface area contributed by atoms with Crippen molar-refractivity contribution in [3.8, 4) is 0 Å². The van der Waals surface area contributed by atoms with Gasteiger partial charge in [0.25, 0.3) is 0 Å². The normalized spacial score (nSPS) is 45.3. The van der Waals surface area contributed by atoms with E-state index in [9.17, 15) is 4.79 Å². The summed E-state index contributed by atoms with van der Waals surface area (Å²) in [5.41, 5.74) is 6.74. The molecule has 0 N–H and O–H groups in total. The lowest BCUT2D eigenvalue weighted by molar-refractivity contribution is -0.216. The van der Waals surface area contributed by atoms with Crippen molar-refractivity contribution in [2.45, 2.75) is 99.8 Å². The predicted octanol–water partition coefficient (Wildman–Crippen LogP) is 9.84. The zero-order valence-corrected chi connectivity index (χ0v) is 27.3. The molecule has 5 aliphatic carbocycles. The lowest BCUT2D eigenvalue weighted by atomic mass is 9.33. The van der Waals surface area contributed by atoms with Crippen LogP contribution in [0.2, 0.25) is 0 Å². The minimum Gasteiger partial charge on any atom is -0.451 e. The number of rotatable bonds is 3. The maximum atomic E-state index is 12.9. The fourth-order valence-corrected chi connectivity index (χ4v) is 12.6. The van der Waals surface area contributed by atoms with Crippen LogP contribution in [0.1, 0.15) is 104 Å². The van der Waals surface area contributed by atoms with Gasteiger partial charge in [0.1, 0.15) is 0 Å². The Kier molecular flexibility index (Phi) is 6.86. The molecule has 0 amide bonds. The molecule has 0 aliphatic heterocycles. The number of carbonyl (C=O) groups excluding carboxylic acids is 1. The van der Waals surface area contributed by atoms with E-state index in [-0.39, 0.29) is 17.3 Å². The van der Waals surface area contributed by atoms with E-state index in [1.165, 1.54) is 55.2 Å². The molecule has 5 aliphatic rings. The Morgan fingerprint density at radius 1 is 0.925 bits per heavy atom. The average Bonchev–Trinajstić information content (AvgIpc) is 3.29. The van der Waals surface area contributed by atoms with Crippen molar-refractivity contribution in [1.82, 2.24) is 0 Å². The summed E-state index contributed by atoms with van der Waals surface area (Å²) in [5, 5.41) is 0. The van der Waals surface area contributed by atoms with E-state index in [1.54, 1.807) is 5.57 Å². The monoisotopic (exact) mass is 560 g/mol. The molecule has 0 aromatic heterocycles. The highest BCUT2D eigenvalue weighted by Crippen LogP contribution is 2.76. The van der Waals surface area contributed by atoms with E-state index < -0.39 is 0 Å².